The Kier molecular flexibility index (Phi) is 3.19. The van der Waals surface area contributed by atoms with E-state index in [0.717, 1.165) is 5.57 Å². The SMILES string of the molecule is C=C1C[C@@H](n2cnc3/c(=N\C#N)n(OC)cnc32)C[C@@H]1O. The Morgan fingerprint density at radius 2 is 2.33 bits per heavy atom. The first-order valence-corrected chi connectivity index (χ1v) is 6.43. The molecule has 0 amide bonds. The van der Waals surface area contributed by atoms with Crippen LogP contribution in [0.25, 0.3) is 11.2 Å². The van der Waals surface area contributed by atoms with Crippen molar-refractivity contribution >= 4 is 11.2 Å². The molecule has 0 aromatic carbocycles. The van der Waals surface area contributed by atoms with Gasteiger partial charge in [-0.2, -0.15) is 9.99 Å². The molecule has 0 saturated heterocycles. The van der Waals surface area contributed by atoms with E-state index in [-0.39, 0.29) is 6.04 Å². The molecule has 2 heterocycles. The summed E-state index contributed by atoms with van der Waals surface area (Å²) in [5.74, 6) is 0. The zero-order valence-electron chi connectivity index (χ0n) is 11.5. The van der Waals surface area contributed by atoms with E-state index in [1.165, 1.54) is 18.2 Å². The van der Waals surface area contributed by atoms with E-state index in [1.54, 1.807) is 12.5 Å². The average Bonchev–Trinajstić information content (AvgIpc) is 3.04. The lowest BCUT2D eigenvalue weighted by Gasteiger charge is -2.11. The second kappa shape index (κ2) is 5.03. The van der Waals surface area contributed by atoms with E-state index >= 15 is 0 Å². The largest absolute Gasteiger partial charge is 0.414 e. The molecule has 0 unspecified atom stereocenters. The van der Waals surface area contributed by atoms with Gasteiger partial charge in [-0.3, -0.25) is 0 Å². The Morgan fingerprint density at radius 3 is 2.95 bits per heavy atom. The Morgan fingerprint density at radius 1 is 1.52 bits per heavy atom. The molecule has 0 bridgehead atoms. The molecular formula is C13H14N6O2. The molecule has 108 valence electrons. The summed E-state index contributed by atoms with van der Waals surface area (Å²) in [7, 11) is 1.46. The molecule has 2 atom stereocenters. The van der Waals surface area contributed by atoms with Crippen molar-refractivity contribution in [3.05, 3.63) is 30.3 Å². The van der Waals surface area contributed by atoms with E-state index in [0.29, 0.717) is 29.5 Å². The van der Waals surface area contributed by atoms with Gasteiger partial charge in [0.25, 0.3) is 0 Å². The predicted octanol–water partition coefficient (Wildman–Crippen LogP) is -0.0750. The molecule has 2 aromatic rings. The fourth-order valence-electron chi connectivity index (χ4n) is 2.62. The summed E-state index contributed by atoms with van der Waals surface area (Å²) >= 11 is 0. The minimum atomic E-state index is -0.497. The smallest absolute Gasteiger partial charge is 0.211 e. The van der Waals surface area contributed by atoms with Gasteiger partial charge >= 0.3 is 0 Å². The molecule has 1 saturated carbocycles. The summed E-state index contributed by atoms with van der Waals surface area (Å²) in [5, 5.41) is 18.6. The Labute approximate surface area is 120 Å². The molecule has 2 aromatic heterocycles. The van der Waals surface area contributed by atoms with Crippen molar-refractivity contribution in [3.63, 3.8) is 0 Å². The van der Waals surface area contributed by atoms with Gasteiger partial charge in [0, 0.05) is 6.04 Å². The maximum atomic E-state index is 9.82. The van der Waals surface area contributed by atoms with Gasteiger partial charge in [-0.05, 0) is 18.4 Å². The molecule has 8 heteroatoms. The highest BCUT2D eigenvalue weighted by molar-refractivity contribution is 5.69. The molecule has 1 aliphatic rings. The van der Waals surface area contributed by atoms with Crippen LogP contribution in [0.15, 0.2) is 29.8 Å². The zero-order valence-corrected chi connectivity index (χ0v) is 11.5. The number of aliphatic hydroxyl groups excluding tert-OH is 1. The van der Waals surface area contributed by atoms with Crippen molar-refractivity contribution in [3.8, 4) is 6.19 Å². The highest BCUT2D eigenvalue weighted by Crippen LogP contribution is 2.34. The lowest BCUT2D eigenvalue weighted by atomic mass is 10.2. The third-order valence-corrected chi connectivity index (χ3v) is 3.68. The Hall–Kier alpha value is -2.66. The highest BCUT2D eigenvalue weighted by atomic mass is 16.6. The third kappa shape index (κ3) is 2.08. The van der Waals surface area contributed by atoms with Crippen molar-refractivity contribution in [1.82, 2.24) is 19.3 Å². The first-order valence-electron chi connectivity index (χ1n) is 6.43. The number of nitriles is 1. The van der Waals surface area contributed by atoms with Gasteiger partial charge in [0.05, 0.1) is 12.4 Å². The fourth-order valence-corrected chi connectivity index (χ4v) is 2.62. The summed E-state index contributed by atoms with van der Waals surface area (Å²) in [4.78, 5) is 17.4. The van der Waals surface area contributed by atoms with Crippen LogP contribution in [-0.4, -0.2) is 37.6 Å². The number of fused-ring (bicyclic) bond motifs is 1. The number of rotatable bonds is 2. The summed E-state index contributed by atoms with van der Waals surface area (Å²) in [6.45, 7) is 3.86. The van der Waals surface area contributed by atoms with Crippen LogP contribution in [0.3, 0.4) is 0 Å². The number of aliphatic hydroxyl groups is 1. The van der Waals surface area contributed by atoms with Gasteiger partial charge in [0.15, 0.2) is 11.2 Å². The number of hydrogen-bond donors (Lipinski definition) is 1. The lowest BCUT2D eigenvalue weighted by molar-refractivity contribution is 0.153. The Bertz CT molecular complexity index is 812. The molecule has 1 N–H and O–H groups in total. The van der Waals surface area contributed by atoms with Gasteiger partial charge in [-0.15, -0.1) is 4.99 Å². The fraction of sp³-hybridized carbons (Fsp3) is 0.385. The van der Waals surface area contributed by atoms with Crippen LogP contribution in [0.4, 0.5) is 0 Å². The number of hydrogen-bond acceptors (Lipinski definition) is 6. The van der Waals surface area contributed by atoms with Crippen molar-refractivity contribution in [2.24, 2.45) is 4.99 Å². The standard InChI is InChI=1S/C13H14N6O2/c1-8-3-9(4-10(8)20)18-6-16-11-12(18)17-7-19(21-2)13(11)15-5-14/h6-7,9-10,20H,1,3-4H2,2H3/b15-13+/t9-,10+/m1/s1. The molecule has 8 nitrogen and oxygen atoms in total. The number of aromatic nitrogens is 4. The number of nitrogens with zero attached hydrogens (tertiary/aromatic N) is 6. The minimum Gasteiger partial charge on any atom is -0.414 e. The highest BCUT2D eigenvalue weighted by Gasteiger charge is 2.29. The Balaban J connectivity index is 2.17. The number of imidazole rings is 1. The second-order valence-electron chi connectivity index (χ2n) is 4.88. The summed E-state index contributed by atoms with van der Waals surface area (Å²) in [5.41, 5.74) is 2.19. The van der Waals surface area contributed by atoms with Gasteiger partial charge in [-0.1, -0.05) is 6.58 Å². The predicted molar refractivity (Wildman–Crippen MR) is 72.6 cm³/mol. The summed E-state index contributed by atoms with van der Waals surface area (Å²) < 4.78 is 3.17. The molecule has 0 radical (unpaired) electrons. The maximum Gasteiger partial charge on any atom is 0.211 e. The third-order valence-electron chi connectivity index (χ3n) is 3.68. The van der Waals surface area contributed by atoms with E-state index in [1.807, 2.05) is 4.57 Å². The average molecular weight is 286 g/mol. The van der Waals surface area contributed by atoms with Crippen molar-refractivity contribution in [2.75, 3.05) is 7.11 Å². The van der Waals surface area contributed by atoms with E-state index in [2.05, 4.69) is 21.5 Å². The summed E-state index contributed by atoms with van der Waals surface area (Å²) in [6, 6.07) is 0.0540. The van der Waals surface area contributed by atoms with Gasteiger partial charge in [0.2, 0.25) is 11.7 Å². The maximum absolute atomic E-state index is 9.82. The van der Waals surface area contributed by atoms with Crippen LogP contribution < -0.4 is 10.3 Å². The molecular weight excluding hydrogens is 272 g/mol. The minimum absolute atomic E-state index is 0.0540. The van der Waals surface area contributed by atoms with Crippen LogP contribution in [0, 0.1) is 11.5 Å². The zero-order chi connectivity index (χ0) is 15.0. The van der Waals surface area contributed by atoms with E-state index in [4.69, 9.17) is 10.1 Å². The van der Waals surface area contributed by atoms with E-state index < -0.39 is 6.10 Å². The van der Waals surface area contributed by atoms with Gasteiger partial charge in [-0.25, -0.2) is 9.97 Å². The van der Waals surface area contributed by atoms with Crippen LogP contribution in [0.2, 0.25) is 0 Å². The first kappa shape index (κ1) is 13.3. The monoisotopic (exact) mass is 286 g/mol. The lowest BCUT2D eigenvalue weighted by Crippen LogP contribution is -2.26. The van der Waals surface area contributed by atoms with E-state index in [9.17, 15) is 5.11 Å². The molecule has 0 spiro atoms. The molecule has 1 fully saturated rings. The molecule has 3 rings (SSSR count). The van der Waals surface area contributed by atoms with Gasteiger partial charge < -0.3 is 14.5 Å². The second-order valence-corrected chi connectivity index (χ2v) is 4.88. The normalized spacial score (nSPS) is 22.7. The first-order chi connectivity index (χ1) is 10.2. The van der Waals surface area contributed by atoms with Gasteiger partial charge in [0.1, 0.15) is 13.4 Å². The van der Waals surface area contributed by atoms with Crippen molar-refractivity contribution in [2.45, 2.75) is 25.0 Å². The summed E-state index contributed by atoms with van der Waals surface area (Å²) in [6.07, 6.45) is 5.58. The van der Waals surface area contributed by atoms with Crippen molar-refractivity contribution in [1.29, 1.82) is 5.26 Å². The van der Waals surface area contributed by atoms with Crippen molar-refractivity contribution < 1.29 is 9.94 Å². The van der Waals surface area contributed by atoms with Crippen LogP contribution in [-0.2, 0) is 0 Å². The molecule has 21 heavy (non-hydrogen) atoms. The van der Waals surface area contributed by atoms with Crippen LogP contribution in [0.5, 0.6) is 0 Å². The quantitative estimate of drug-likeness (QED) is 0.615. The molecule has 1 aliphatic carbocycles. The van der Waals surface area contributed by atoms with Crippen LogP contribution in [0.1, 0.15) is 18.9 Å². The van der Waals surface area contributed by atoms with Crippen LogP contribution >= 0.6 is 0 Å². The topological polar surface area (TPSA) is 101 Å². The molecule has 0 aliphatic heterocycles.